The zero-order valence-electron chi connectivity index (χ0n) is 19.9. The molecule has 0 radical (unpaired) electrons. The molecule has 12 heteroatoms. The highest BCUT2D eigenvalue weighted by molar-refractivity contribution is 5.95. The predicted octanol–water partition coefficient (Wildman–Crippen LogP) is 4.41. The SMILES string of the molecule is CN1CCC(NC(=O)c2ccc(Nc3ncc4ncn(C5CCCC5)c4n3)c(OC(F)(F)F)c2)CC1. The highest BCUT2D eigenvalue weighted by Gasteiger charge is 2.33. The number of fused-ring (bicyclic) bond motifs is 1. The van der Waals surface area contributed by atoms with Gasteiger partial charge in [-0.25, -0.2) is 9.97 Å². The number of imidazole rings is 1. The van der Waals surface area contributed by atoms with Crippen LogP contribution < -0.4 is 15.4 Å². The fourth-order valence-corrected chi connectivity index (χ4v) is 4.85. The van der Waals surface area contributed by atoms with Crippen LogP contribution in [0.2, 0.25) is 0 Å². The second-order valence-corrected chi connectivity index (χ2v) is 9.43. The number of aromatic nitrogens is 4. The lowest BCUT2D eigenvalue weighted by molar-refractivity contribution is -0.274. The van der Waals surface area contributed by atoms with Gasteiger partial charge >= 0.3 is 6.36 Å². The first kappa shape index (κ1) is 24.3. The van der Waals surface area contributed by atoms with E-state index in [1.165, 1.54) is 18.3 Å². The first-order valence-electron chi connectivity index (χ1n) is 12.1. The molecular weight excluding hydrogens is 475 g/mol. The quantitative estimate of drug-likeness (QED) is 0.514. The first-order valence-corrected chi connectivity index (χ1v) is 12.1. The van der Waals surface area contributed by atoms with Crippen molar-refractivity contribution in [1.29, 1.82) is 0 Å². The lowest BCUT2D eigenvalue weighted by Gasteiger charge is -2.29. The summed E-state index contributed by atoms with van der Waals surface area (Å²) in [7, 11) is 2.01. The number of benzene rings is 1. The maximum atomic E-state index is 13.2. The molecule has 2 aliphatic rings. The van der Waals surface area contributed by atoms with Crippen molar-refractivity contribution in [3.05, 3.63) is 36.3 Å². The Morgan fingerprint density at radius 2 is 1.86 bits per heavy atom. The minimum atomic E-state index is -4.94. The smallest absolute Gasteiger partial charge is 0.404 e. The van der Waals surface area contributed by atoms with Crippen molar-refractivity contribution in [1.82, 2.24) is 29.7 Å². The molecule has 192 valence electrons. The third-order valence-corrected chi connectivity index (χ3v) is 6.80. The van der Waals surface area contributed by atoms with Crippen molar-refractivity contribution in [3.63, 3.8) is 0 Å². The van der Waals surface area contributed by atoms with Crippen molar-refractivity contribution >= 4 is 28.7 Å². The lowest BCUT2D eigenvalue weighted by Crippen LogP contribution is -2.43. The van der Waals surface area contributed by atoms with Gasteiger partial charge in [-0.2, -0.15) is 4.98 Å². The van der Waals surface area contributed by atoms with E-state index in [0.717, 1.165) is 57.7 Å². The zero-order valence-corrected chi connectivity index (χ0v) is 19.9. The van der Waals surface area contributed by atoms with E-state index < -0.39 is 18.0 Å². The van der Waals surface area contributed by atoms with E-state index in [2.05, 4.69) is 35.2 Å². The van der Waals surface area contributed by atoms with Gasteiger partial charge in [0.1, 0.15) is 5.52 Å². The average molecular weight is 504 g/mol. The zero-order chi connectivity index (χ0) is 25.3. The highest BCUT2D eigenvalue weighted by Crippen LogP contribution is 2.34. The van der Waals surface area contributed by atoms with E-state index in [4.69, 9.17) is 0 Å². The van der Waals surface area contributed by atoms with Gasteiger partial charge in [-0.1, -0.05) is 12.8 Å². The van der Waals surface area contributed by atoms with Gasteiger partial charge in [0.25, 0.3) is 5.91 Å². The molecule has 1 saturated heterocycles. The van der Waals surface area contributed by atoms with Crippen molar-refractivity contribution in [2.75, 3.05) is 25.5 Å². The van der Waals surface area contributed by atoms with Crippen LogP contribution in [0.4, 0.5) is 24.8 Å². The second kappa shape index (κ2) is 9.92. The fraction of sp³-hybridized carbons (Fsp3) is 0.500. The molecule has 0 spiro atoms. The molecule has 9 nitrogen and oxygen atoms in total. The summed E-state index contributed by atoms with van der Waals surface area (Å²) >= 11 is 0. The number of rotatable bonds is 6. The first-order chi connectivity index (χ1) is 17.2. The molecule has 0 bridgehead atoms. The number of carbonyl (C=O) groups excluding carboxylic acids is 1. The number of carbonyl (C=O) groups is 1. The van der Waals surface area contributed by atoms with E-state index in [1.54, 1.807) is 6.33 Å². The Morgan fingerprint density at radius 3 is 2.58 bits per heavy atom. The molecule has 5 rings (SSSR count). The standard InChI is InChI=1S/C24H28F3N7O2/c1-33-10-8-16(9-11-33)30-22(35)15-6-7-18(20(12-15)36-24(25,26)27)31-23-28-13-19-21(32-23)34(14-29-19)17-4-2-3-5-17/h6-7,12-14,16-17H,2-5,8-11H2,1H3,(H,30,35)(H,28,31,32). The van der Waals surface area contributed by atoms with Crippen molar-refractivity contribution in [2.45, 2.75) is 57.0 Å². The van der Waals surface area contributed by atoms with Gasteiger partial charge in [0, 0.05) is 17.6 Å². The van der Waals surface area contributed by atoms with Crippen molar-refractivity contribution in [2.24, 2.45) is 0 Å². The number of ether oxygens (including phenoxy) is 1. The lowest BCUT2D eigenvalue weighted by atomic mass is 10.0. The normalized spacial score (nSPS) is 18.0. The van der Waals surface area contributed by atoms with Gasteiger partial charge in [0.15, 0.2) is 11.4 Å². The monoisotopic (exact) mass is 503 g/mol. The van der Waals surface area contributed by atoms with Crippen LogP contribution in [0.25, 0.3) is 11.2 Å². The van der Waals surface area contributed by atoms with Crippen LogP contribution in [0.5, 0.6) is 5.75 Å². The van der Waals surface area contributed by atoms with Gasteiger partial charge in [0.05, 0.1) is 18.2 Å². The molecule has 0 unspecified atom stereocenters. The van der Waals surface area contributed by atoms with Crippen molar-refractivity contribution < 1.29 is 22.7 Å². The third kappa shape index (κ3) is 5.53. The molecule has 3 aromatic rings. The Morgan fingerprint density at radius 1 is 1.11 bits per heavy atom. The number of nitrogens with one attached hydrogen (secondary N) is 2. The molecule has 1 aliphatic heterocycles. The number of halogens is 3. The number of hydrogen-bond donors (Lipinski definition) is 2. The summed E-state index contributed by atoms with van der Waals surface area (Å²) in [5, 5.41) is 5.73. The Bertz CT molecular complexity index is 1230. The third-order valence-electron chi connectivity index (χ3n) is 6.80. The number of amides is 1. The van der Waals surface area contributed by atoms with Gasteiger partial charge in [0.2, 0.25) is 5.95 Å². The van der Waals surface area contributed by atoms with Gasteiger partial charge < -0.3 is 24.8 Å². The summed E-state index contributed by atoms with van der Waals surface area (Å²) in [6, 6.07) is 4.18. The molecule has 36 heavy (non-hydrogen) atoms. The molecular formula is C24H28F3N7O2. The van der Waals surface area contributed by atoms with E-state index in [-0.39, 0.29) is 23.2 Å². The summed E-state index contributed by atoms with van der Waals surface area (Å²) in [5.74, 6) is -0.870. The Balaban J connectivity index is 1.38. The molecule has 1 saturated carbocycles. The molecule has 3 heterocycles. The second-order valence-electron chi connectivity index (χ2n) is 9.43. The minimum Gasteiger partial charge on any atom is -0.404 e. The summed E-state index contributed by atoms with van der Waals surface area (Å²) in [5.41, 5.74) is 1.30. The summed E-state index contributed by atoms with van der Waals surface area (Å²) in [6.07, 6.45) is 4.22. The van der Waals surface area contributed by atoms with E-state index >= 15 is 0 Å². The average Bonchev–Trinajstić information content (AvgIpc) is 3.50. The van der Waals surface area contributed by atoms with Crippen molar-refractivity contribution in [3.8, 4) is 5.75 Å². The number of anilines is 2. The van der Waals surface area contributed by atoms with E-state index in [9.17, 15) is 18.0 Å². The highest BCUT2D eigenvalue weighted by atomic mass is 19.4. The van der Waals surface area contributed by atoms with Crippen LogP contribution in [0, 0.1) is 0 Å². The Hall–Kier alpha value is -3.41. The molecule has 1 amide bonds. The fourth-order valence-electron chi connectivity index (χ4n) is 4.85. The molecule has 2 N–H and O–H groups in total. The number of piperidine rings is 1. The maximum Gasteiger partial charge on any atom is 0.573 e. The number of likely N-dealkylation sites (tertiary alicyclic amines) is 1. The van der Waals surface area contributed by atoms with Crippen LogP contribution in [0.3, 0.4) is 0 Å². The minimum absolute atomic E-state index is 0.00514. The summed E-state index contributed by atoms with van der Waals surface area (Å²) < 4.78 is 45.8. The Labute approximate surface area is 206 Å². The van der Waals surface area contributed by atoms with Gasteiger partial charge in [-0.3, -0.25) is 4.79 Å². The molecule has 2 aromatic heterocycles. The summed E-state index contributed by atoms with van der Waals surface area (Å²) in [6.45, 7) is 1.69. The summed E-state index contributed by atoms with van der Waals surface area (Å²) in [4.78, 5) is 28.0. The molecule has 0 atom stereocenters. The molecule has 1 aromatic carbocycles. The van der Waals surface area contributed by atoms with Crippen LogP contribution in [0.1, 0.15) is 54.9 Å². The van der Waals surface area contributed by atoms with E-state index in [1.807, 2.05) is 11.6 Å². The van der Waals surface area contributed by atoms with E-state index in [0.29, 0.717) is 17.2 Å². The van der Waals surface area contributed by atoms with Crippen LogP contribution in [-0.2, 0) is 0 Å². The largest absolute Gasteiger partial charge is 0.573 e. The predicted molar refractivity (Wildman–Crippen MR) is 127 cm³/mol. The number of hydrogen-bond acceptors (Lipinski definition) is 7. The molecule has 1 aliphatic carbocycles. The van der Waals surface area contributed by atoms with Gasteiger partial charge in [-0.05, 0) is 64.0 Å². The van der Waals surface area contributed by atoms with Crippen LogP contribution >= 0.6 is 0 Å². The van der Waals surface area contributed by atoms with Crippen LogP contribution in [0.15, 0.2) is 30.7 Å². The molecule has 2 fully saturated rings. The van der Waals surface area contributed by atoms with Crippen LogP contribution in [-0.4, -0.2) is 62.9 Å². The Kier molecular flexibility index (Phi) is 6.69. The maximum absolute atomic E-state index is 13.2. The number of nitrogens with zero attached hydrogens (tertiary/aromatic N) is 5. The topological polar surface area (TPSA) is 97.2 Å². The number of alkyl halides is 3. The van der Waals surface area contributed by atoms with Gasteiger partial charge in [-0.15, -0.1) is 13.2 Å².